The molecule has 15 aromatic rings. The standard InChI is InChI=1S/C63H33N7O.C3H6/c64-34-37-21-24-57-47(27-37)44-13-3-6-16-52(44)67(57)40-30-50-51-31-41(68-53-17-7-4-14-45(53)48-28-38(35-65)22-25-58(48)68)33-61(70-56-20-10-5-15-46(56)49-29-39(36-66)23-26-59(49)70)63(51)71-62(50)60(32-40)69-54-18-8-1-11-42(54)43-12-2-9-19-55(43)69;1-3-2/h1-33H;3H,1H2,2H3. The van der Waals surface area contributed by atoms with Gasteiger partial charge in [0.15, 0.2) is 11.2 Å². The van der Waals surface area contributed by atoms with Crippen LogP contribution in [0, 0.1) is 34.0 Å². The van der Waals surface area contributed by atoms with Gasteiger partial charge in [0.2, 0.25) is 0 Å². The molecular formula is C66H39N7O. The highest BCUT2D eigenvalue weighted by Gasteiger charge is 2.26. The Balaban J connectivity index is 0.00000164. The van der Waals surface area contributed by atoms with Crippen molar-refractivity contribution in [1.29, 1.82) is 15.8 Å². The molecule has 0 spiro atoms. The van der Waals surface area contributed by atoms with Crippen LogP contribution < -0.4 is 0 Å². The van der Waals surface area contributed by atoms with Gasteiger partial charge in [-0.25, -0.2) is 0 Å². The summed E-state index contributed by atoms with van der Waals surface area (Å²) >= 11 is 0. The van der Waals surface area contributed by atoms with Crippen molar-refractivity contribution in [1.82, 2.24) is 18.3 Å². The number of rotatable bonds is 4. The third-order valence-corrected chi connectivity index (χ3v) is 14.6. The van der Waals surface area contributed by atoms with Crippen LogP contribution in [0.15, 0.2) is 217 Å². The summed E-state index contributed by atoms with van der Waals surface area (Å²) in [6.45, 7) is 5.25. The summed E-state index contributed by atoms with van der Waals surface area (Å²) < 4.78 is 16.8. The van der Waals surface area contributed by atoms with Crippen molar-refractivity contribution in [2.75, 3.05) is 0 Å². The van der Waals surface area contributed by atoms with E-state index < -0.39 is 0 Å². The van der Waals surface area contributed by atoms with Gasteiger partial charge < -0.3 is 22.7 Å². The summed E-state index contributed by atoms with van der Waals surface area (Å²) in [5.41, 5.74) is 14.7. The molecule has 0 unspecified atom stereocenters. The van der Waals surface area contributed by atoms with E-state index in [0.717, 1.165) is 126 Å². The van der Waals surface area contributed by atoms with Crippen molar-refractivity contribution in [3.63, 3.8) is 0 Å². The Labute approximate surface area is 423 Å². The van der Waals surface area contributed by atoms with E-state index in [0.29, 0.717) is 22.3 Å². The molecule has 0 bridgehead atoms. The lowest BCUT2D eigenvalue weighted by atomic mass is 10.1. The molecule has 8 heteroatoms. The van der Waals surface area contributed by atoms with Gasteiger partial charge in [-0.3, -0.25) is 0 Å². The summed E-state index contributed by atoms with van der Waals surface area (Å²) in [6, 6.07) is 76.0. The zero-order valence-corrected chi connectivity index (χ0v) is 39.9. The molecule has 10 aromatic carbocycles. The Morgan fingerprint density at radius 2 is 0.608 bits per heavy atom. The normalized spacial score (nSPS) is 11.6. The molecule has 0 N–H and O–H groups in total. The number of hydrogen-bond donors (Lipinski definition) is 0. The number of nitrogens with zero attached hydrogens (tertiary/aromatic N) is 7. The van der Waals surface area contributed by atoms with E-state index in [4.69, 9.17) is 4.42 Å². The molecule has 0 saturated heterocycles. The van der Waals surface area contributed by atoms with Crippen LogP contribution in [0.25, 0.3) is 132 Å². The molecule has 74 heavy (non-hydrogen) atoms. The van der Waals surface area contributed by atoms with E-state index in [2.05, 4.69) is 183 Å². The Bertz CT molecular complexity index is 5000. The molecule has 0 saturated carbocycles. The fraction of sp³-hybridized carbons (Fsp3) is 0.0152. The molecule has 0 radical (unpaired) electrons. The lowest BCUT2D eigenvalue weighted by Crippen LogP contribution is -2.00. The maximum Gasteiger partial charge on any atom is 0.159 e. The molecule has 0 aliphatic carbocycles. The van der Waals surface area contributed by atoms with Gasteiger partial charge in [-0.05, 0) is 116 Å². The molecule has 344 valence electrons. The Hall–Kier alpha value is -10.6. The van der Waals surface area contributed by atoms with Gasteiger partial charge in [-0.1, -0.05) is 97.1 Å². The monoisotopic (exact) mass is 945 g/mol. The van der Waals surface area contributed by atoms with Gasteiger partial charge in [-0.2, -0.15) is 15.8 Å². The quantitative estimate of drug-likeness (QED) is 0.164. The average molecular weight is 946 g/mol. The molecule has 0 aliphatic heterocycles. The summed E-state index contributed by atoms with van der Waals surface area (Å²) in [6.07, 6.45) is 1.75. The van der Waals surface area contributed by atoms with E-state index in [1.165, 1.54) is 0 Å². The first-order chi connectivity index (χ1) is 36.5. The van der Waals surface area contributed by atoms with Crippen LogP contribution in [0.4, 0.5) is 0 Å². The van der Waals surface area contributed by atoms with Gasteiger partial charge in [-0.15, -0.1) is 6.58 Å². The third kappa shape index (κ3) is 5.99. The van der Waals surface area contributed by atoms with Crippen LogP contribution >= 0.6 is 0 Å². The van der Waals surface area contributed by atoms with Gasteiger partial charge in [0.25, 0.3) is 0 Å². The molecule has 5 aromatic heterocycles. The van der Waals surface area contributed by atoms with Crippen molar-refractivity contribution >= 4 is 109 Å². The van der Waals surface area contributed by atoms with E-state index in [9.17, 15) is 15.8 Å². The molecule has 0 fully saturated rings. The highest BCUT2D eigenvalue weighted by molar-refractivity contribution is 6.18. The van der Waals surface area contributed by atoms with E-state index in [-0.39, 0.29) is 0 Å². The smallest absolute Gasteiger partial charge is 0.159 e. The largest absolute Gasteiger partial charge is 0.452 e. The maximum absolute atomic E-state index is 10.1. The molecule has 5 heterocycles. The Kier molecular flexibility index (Phi) is 9.28. The molecule has 0 aliphatic rings. The maximum atomic E-state index is 10.1. The van der Waals surface area contributed by atoms with Crippen molar-refractivity contribution < 1.29 is 4.42 Å². The van der Waals surface area contributed by atoms with Crippen molar-refractivity contribution in [3.05, 3.63) is 230 Å². The molecule has 0 amide bonds. The number of hydrogen-bond acceptors (Lipinski definition) is 4. The molecule has 0 atom stereocenters. The second kappa shape index (κ2) is 16.2. The zero-order chi connectivity index (χ0) is 49.8. The van der Waals surface area contributed by atoms with Crippen LogP contribution in [-0.4, -0.2) is 18.3 Å². The van der Waals surface area contributed by atoms with Crippen molar-refractivity contribution in [3.8, 4) is 41.0 Å². The van der Waals surface area contributed by atoms with Crippen LogP contribution in [-0.2, 0) is 0 Å². The average Bonchev–Trinajstić information content (AvgIpc) is 4.26. The van der Waals surface area contributed by atoms with Gasteiger partial charge in [0, 0.05) is 65.2 Å². The first-order valence-electron chi connectivity index (χ1n) is 24.4. The van der Waals surface area contributed by atoms with Crippen molar-refractivity contribution in [2.45, 2.75) is 6.92 Å². The minimum absolute atomic E-state index is 0.585. The number of para-hydroxylation sites is 5. The third-order valence-electron chi connectivity index (χ3n) is 14.6. The van der Waals surface area contributed by atoms with Crippen LogP contribution in [0.3, 0.4) is 0 Å². The Morgan fingerprint density at radius 3 is 0.932 bits per heavy atom. The summed E-state index contributed by atoms with van der Waals surface area (Å²) in [7, 11) is 0. The number of aromatic nitrogens is 4. The number of benzene rings is 10. The first-order valence-corrected chi connectivity index (χ1v) is 24.4. The van der Waals surface area contributed by atoms with E-state index in [1.807, 2.05) is 67.6 Å². The highest BCUT2D eigenvalue weighted by Crippen LogP contribution is 2.46. The fourth-order valence-corrected chi connectivity index (χ4v) is 11.6. The SMILES string of the molecule is C=CC.N#Cc1ccc2c(c1)c1ccccc1n2-c1cc(-n2c3ccccc3c3ccccc32)c2oc3c(-n4c5ccccc5c5cc(C#N)ccc54)cc(-n4c5ccccc5c5cc(C#N)ccc54)cc3c2c1. The summed E-state index contributed by atoms with van der Waals surface area (Å²) in [5.74, 6) is 0. The van der Waals surface area contributed by atoms with Crippen LogP contribution in [0.2, 0.25) is 0 Å². The summed E-state index contributed by atoms with van der Waals surface area (Å²) in [4.78, 5) is 0. The van der Waals surface area contributed by atoms with Gasteiger partial charge >= 0.3 is 0 Å². The fourth-order valence-electron chi connectivity index (χ4n) is 11.6. The van der Waals surface area contributed by atoms with Gasteiger partial charge in [0.05, 0.1) is 90.4 Å². The highest BCUT2D eigenvalue weighted by atomic mass is 16.3. The van der Waals surface area contributed by atoms with E-state index in [1.54, 1.807) is 6.08 Å². The predicted octanol–water partition coefficient (Wildman–Crippen LogP) is 16.8. The summed E-state index contributed by atoms with van der Waals surface area (Å²) in [5, 5.41) is 40.4. The number of fused-ring (bicyclic) bond motifs is 15. The number of allylic oxidation sites excluding steroid dienone is 1. The zero-order valence-electron chi connectivity index (χ0n) is 39.9. The topological polar surface area (TPSA) is 104 Å². The predicted molar refractivity (Wildman–Crippen MR) is 301 cm³/mol. The second-order valence-electron chi connectivity index (χ2n) is 18.7. The van der Waals surface area contributed by atoms with Gasteiger partial charge in [0.1, 0.15) is 0 Å². The van der Waals surface area contributed by atoms with Crippen LogP contribution in [0.1, 0.15) is 23.6 Å². The van der Waals surface area contributed by atoms with Crippen LogP contribution in [0.5, 0.6) is 0 Å². The number of furan rings is 1. The second-order valence-corrected chi connectivity index (χ2v) is 18.7. The van der Waals surface area contributed by atoms with E-state index >= 15 is 0 Å². The Morgan fingerprint density at radius 1 is 0.338 bits per heavy atom. The van der Waals surface area contributed by atoms with Crippen molar-refractivity contribution in [2.24, 2.45) is 0 Å². The molecule has 15 rings (SSSR count). The molecule has 8 nitrogen and oxygen atoms in total. The molecular weight excluding hydrogens is 907 g/mol. The lowest BCUT2D eigenvalue weighted by molar-refractivity contribution is 0.663. The minimum atomic E-state index is 0.585. The minimum Gasteiger partial charge on any atom is -0.452 e. The number of nitriles is 3. The first kappa shape index (κ1) is 42.3. The lowest BCUT2D eigenvalue weighted by Gasteiger charge is -2.14.